The molecule has 194 valence electrons. The molecule has 1 aliphatic rings. The van der Waals surface area contributed by atoms with Gasteiger partial charge in [0.2, 0.25) is 0 Å². The van der Waals surface area contributed by atoms with Crippen LogP contribution in [0.3, 0.4) is 0 Å². The Morgan fingerprint density at radius 2 is 1.71 bits per heavy atom. The van der Waals surface area contributed by atoms with Gasteiger partial charge in [0.1, 0.15) is 21.9 Å². The fourth-order valence-electron chi connectivity index (χ4n) is 3.67. The minimum absolute atomic E-state index is 0.115. The SMILES string of the molecule is CCOc1ccccc1N=C1SC(NC(=O)c2cccc(C(C)=O)c2)C(N)=C1C(=O)Nc1ccccc1Cl. The van der Waals surface area contributed by atoms with Crippen molar-refractivity contribution in [1.82, 2.24) is 5.32 Å². The number of nitrogens with two attached hydrogens (primary N) is 1. The van der Waals surface area contributed by atoms with Crippen LogP contribution in [0, 0.1) is 0 Å². The lowest BCUT2D eigenvalue weighted by Gasteiger charge is -2.13. The van der Waals surface area contributed by atoms with Crippen LogP contribution in [0.2, 0.25) is 5.02 Å². The van der Waals surface area contributed by atoms with Crippen LogP contribution in [-0.2, 0) is 4.79 Å². The van der Waals surface area contributed by atoms with E-state index in [2.05, 4.69) is 15.6 Å². The molecule has 0 aromatic heterocycles. The maximum absolute atomic E-state index is 13.4. The third-order valence-electron chi connectivity index (χ3n) is 5.54. The highest BCUT2D eigenvalue weighted by atomic mass is 35.5. The number of aliphatic imine (C=N–C) groups is 1. The second-order valence-electron chi connectivity index (χ2n) is 8.19. The summed E-state index contributed by atoms with van der Waals surface area (Å²) in [7, 11) is 0. The third-order valence-corrected chi connectivity index (χ3v) is 7.00. The molecule has 3 aromatic carbocycles. The van der Waals surface area contributed by atoms with Crippen molar-refractivity contribution in [3.8, 4) is 5.75 Å². The van der Waals surface area contributed by atoms with Crippen molar-refractivity contribution < 1.29 is 19.1 Å². The van der Waals surface area contributed by atoms with Gasteiger partial charge in [-0.25, -0.2) is 4.99 Å². The van der Waals surface area contributed by atoms with Crippen molar-refractivity contribution in [2.45, 2.75) is 19.2 Å². The molecule has 0 radical (unpaired) electrons. The van der Waals surface area contributed by atoms with Gasteiger partial charge in [0.05, 0.1) is 28.6 Å². The standard InChI is InChI=1S/C28H25ClN4O4S/c1-3-37-22-14-7-6-13-21(22)32-27-23(26(36)31-20-12-5-4-11-19(20)29)24(30)28(38-27)33-25(35)18-10-8-9-17(15-18)16(2)34/h4-15,28H,3,30H2,1-2H3,(H,31,36)(H,33,35). The number of ether oxygens (including phenoxy) is 1. The molecular weight excluding hydrogens is 524 g/mol. The molecule has 0 aliphatic carbocycles. The first-order chi connectivity index (χ1) is 18.3. The molecule has 3 aromatic rings. The fraction of sp³-hybridized carbons (Fsp3) is 0.143. The number of ketones is 1. The number of carbonyl (C=O) groups excluding carboxylic acids is 3. The number of anilines is 1. The van der Waals surface area contributed by atoms with Crippen LogP contribution < -0.4 is 21.1 Å². The number of para-hydroxylation sites is 3. The Morgan fingerprint density at radius 1 is 1.00 bits per heavy atom. The number of halogens is 1. The molecular formula is C28H25ClN4O4S. The monoisotopic (exact) mass is 548 g/mol. The van der Waals surface area contributed by atoms with E-state index in [0.717, 1.165) is 11.8 Å². The summed E-state index contributed by atoms with van der Waals surface area (Å²) >= 11 is 7.37. The first kappa shape index (κ1) is 27.0. The van der Waals surface area contributed by atoms with Crippen molar-refractivity contribution in [3.05, 3.63) is 100 Å². The van der Waals surface area contributed by atoms with Crippen LogP contribution in [-0.4, -0.2) is 34.6 Å². The maximum atomic E-state index is 13.4. The first-order valence-electron chi connectivity index (χ1n) is 11.7. The lowest BCUT2D eigenvalue weighted by molar-refractivity contribution is -0.112. The Morgan fingerprint density at radius 3 is 2.45 bits per heavy atom. The number of thioether (sulfide) groups is 1. The molecule has 1 unspecified atom stereocenters. The predicted octanol–water partition coefficient (Wildman–Crippen LogP) is 5.33. The summed E-state index contributed by atoms with van der Waals surface area (Å²) in [6, 6.07) is 20.4. The molecule has 0 saturated heterocycles. The molecule has 38 heavy (non-hydrogen) atoms. The number of rotatable bonds is 8. The molecule has 8 nitrogen and oxygen atoms in total. The maximum Gasteiger partial charge on any atom is 0.260 e. The summed E-state index contributed by atoms with van der Waals surface area (Å²) in [5, 5.41) is 5.50. The Bertz CT molecular complexity index is 1470. The number of nitrogens with one attached hydrogen (secondary N) is 2. The van der Waals surface area contributed by atoms with E-state index in [-0.39, 0.29) is 17.1 Å². The van der Waals surface area contributed by atoms with Gasteiger partial charge >= 0.3 is 0 Å². The minimum atomic E-state index is -0.784. The highest BCUT2D eigenvalue weighted by Gasteiger charge is 2.36. The lowest BCUT2D eigenvalue weighted by atomic mass is 10.1. The largest absolute Gasteiger partial charge is 0.492 e. The predicted molar refractivity (Wildman–Crippen MR) is 151 cm³/mol. The number of amides is 2. The molecule has 1 atom stereocenters. The van der Waals surface area contributed by atoms with Crippen molar-refractivity contribution in [1.29, 1.82) is 0 Å². The van der Waals surface area contributed by atoms with Crippen LogP contribution in [0.15, 0.2) is 89.1 Å². The van der Waals surface area contributed by atoms with E-state index in [1.165, 1.54) is 13.0 Å². The molecule has 4 rings (SSSR count). The van der Waals surface area contributed by atoms with Crippen molar-refractivity contribution in [3.63, 3.8) is 0 Å². The van der Waals surface area contributed by atoms with Crippen LogP contribution in [0.25, 0.3) is 0 Å². The van der Waals surface area contributed by atoms with Crippen LogP contribution in [0.1, 0.15) is 34.6 Å². The highest BCUT2D eigenvalue weighted by Crippen LogP contribution is 2.37. The van der Waals surface area contributed by atoms with Crippen LogP contribution in [0.4, 0.5) is 11.4 Å². The van der Waals surface area contributed by atoms with E-state index < -0.39 is 17.2 Å². The zero-order valence-electron chi connectivity index (χ0n) is 20.7. The molecule has 0 saturated carbocycles. The van der Waals surface area contributed by atoms with Crippen molar-refractivity contribution in [2.24, 2.45) is 10.7 Å². The molecule has 10 heteroatoms. The summed E-state index contributed by atoms with van der Waals surface area (Å²) in [5.41, 5.74) is 8.31. The molecule has 1 heterocycles. The zero-order valence-corrected chi connectivity index (χ0v) is 22.2. The van der Waals surface area contributed by atoms with Crippen LogP contribution >= 0.6 is 23.4 Å². The molecule has 0 fully saturated rings. The van der Waals surface area contributed by atoms with Crippen molar-refractivity contribution in [2.75, 3.05) is 11.9 Å². The van der Waals surface area contributed by atoms with Gasteiger partial charge < -0.3 is 21.1 Å². The number of carbonyl (C=O) groups is 3. The highest BCUT2D eigenvalue weighted by molar-refractivity contribution is 8.15. The number of nitrogens with zero attached hydrogens (tertiary/aromatic N) is 1. The van der Waals surface area contributed by atoms with E-state index in [4.69, 9.17) is 22.1 Å². The average molecular weight is 549 g/mol. The number of hydrogen-bond donors (Lipinski definition) is 3. The van der Waals surface area contributed by atoms with Gasteiger partial charge in [0, 0.05) is 11.1 Å². The fourth-order valence-corrected chi connectivity index (χ4v) is 4.97. The smallest absolute Gasteiger partial charge is 0.260 e. The summed E-state index contributed by atoms with van der Waals surface area (Å²) in [6.07, 6.45) is 0. The summed E-state index contributed by atoms with van der Waals surface area (Å²) in [4.78, 5) is 42.9. The average Bonchev–Trinajstić information content (AvgIpc) is 3.20. The van der Waals surface area contributed by atoms with E-state index >= 15 is 0 Å². The van der Waals surface area contributed by atoms with Gasteiger partial charge in [-0.05, 0) is 50.2 Å². The zero-order chi connectivity index (χ0) is 27.2. The van der Waals surface area contributed by atoms with Gasteiger partial charge in [0.25, 0.3) is 11.8 Å². The first-order valence-corrected chi connectivity index (χ1v) is 13.0. The second kappa shape index (κ2) is 12.0. The van der Waals surface area contributed by atoms with Gasteiger partial charge in [-0.2, -0.15) is 0 Å². The topological polar surface area (TPSA) is 123 Å². The van der Waals surface area contributed by atoms with Crippen molar-refractivity contribution >= 4 is 57.4 Å². The molecule has 2 amide bonds. The second-order valence-corrected chi connectivity index (χ2v) is 9.69. The summed E-state index contributed by atoms with van der Waals surface area (Å²) < 4.78 is 5.68. The molecule has 0 bridgehead atoms. The van der Waals surface area contributed by atoms with Crippen LogP contribution in [0.5, 0.6) is 5.75 Å². The van der Waals surface area contributed by atoms with E-state index in [0.29, 0.717) is 44.9 Å². The lowest BCUT2D eigenvalue weighted by Crippen LogP contribution is -2.35. The van der Waals surface area contributed by atoms with E-state index in [9.17, 15) is 14.4 Å². The Kier molecular flexibility index (Phi) is 8.50. The quantitative estimate of drug-likeness (QED) is 0.327. The Balaban J connectivity index is 1.69. The molecule has 4 N–H and O–H groups in total. The normalized spacial score (nSPS) is 15.9. The number of hydrogen-bond acceptors (Lipinski definition) is 7. The third kappa shape index (κ3) is 6.07. The van der Waals surface area contributed by atoms with Gasteiger partial charge in [-0.15, -0.1) is 0 Å². The van der Waals surface area contributed by atoms with Gasteiger partial charge in [-0.1, -0.05) is 59.8 Å². The van der Waals surface area contributed by atoms with Gasteiger partial charge in [0.15, 0.2) is 5.78 Å². The summed E-state index contributed by atoms with van der Waals surface area (Å²) in [5.74, 6) is -0.585. The minimum Gasteiger partial charge on any atom is -0.492 e. The Labute approximate surface area is 229 Å². The molecule has 0 spiro atoms. The van der Waals surface area contributed by atoms with E-state index in [1.54, 1.807) is 60.7 Å². The summed E-state index contributed by atoms with van der Waals surface area (Å²) in [6.45, 7) is 3.73. The number of Topliss-reactive ketones (excluding diaryl/α,β-unsaturated/α-hetero) is 1. The van der Waals surface area contributed by atoms with E-state index in [1.807, 2.05) is 13.0 Å². The van der Waals surface area contributed by atoms with Gasteiger partial charge in [-0.3, -0.25) is 14.4 Å². The Hall–Kier alpha value is -4.08. The molecule has 1 aliphatic heterocycles. The number of benzene rings is 3.